The fourth-order valence-corrected chi connectivity index (χ4v) is 4.77. The Kier molecular flexibility index (Phi) is 2.94. The maximum absolute atomic E-state index is 12.6. The molecule has 5 heteroatoms. The lowest BCUT2D eigenvalue weighted by molar-refractivity contribution is 0.0919. The number of ketones is 1. The van der Waals surface area contributed by atoms with Crippen molar-refractivity contribution in [3.8, 4) is 5.75 Å². The zero-order chi connectivity index (χ0) is 14.5. The van der Waals surface area contributed by atoms with Crippen molar-refractivity contribution in [2.24, 2.45) is 5.92 Å². The van der Waals surface area contributed by atoms with E-state index < -0.39 is 15.8 Å². The lowest BCUT2D eigenvalue weighted by Gasteiger charge is -2.18. The van der Waals surface area contributed by atoms with Crippen LogP contribution in [0.3, 0.4) is 0 Å². The first kappa shape index (κ1) is 13.6. The molecule has 2 aliphatic heterocycles. The van der Waals surface area contributed by atoms with Crippen LogP contribution < -0.4 is 4.74 Å². The van der Waals surface area contributed by atoms with Crippen molar-refractivity contribution in [3.05, 3.63) is 29.3 Å². The van der Waals surface area contributed by atoms with Gasteiger partial charge in [-0.3, -0.25) is 4.79 Å². The molecule has 1 aromatic carbocycles. The largest absolute Gasteiger partial charge is 0.486 e. The molecule has 2 heterocycles. The van der Waals surface area contributed by atoms with Crippen molar-refractivity contribution in [2.75, 3.05) is 11.5 Å². The number of carbonyl (C=O) groups excluding carboxylic acids is 1. The summed E-state index contributed by atoms with van der Waals surface area (Å²) >= 11 is 0. The van der Waals surface area contributed by atoms with E-state index >= 15 is 0 Å². The highest BCUT2D eigenvalue weighted by atomic mass is 32.2. The van der Waals surface area contributed by atoms with E-state index in [9.17, 15) is 13.2 Å². The van der Waals surface area contributed by atoms with Crippen LogP contribution in [-0.2, 0) is 16.3 Å². The first-order valence-corrected chi connectivity index (χ1v) is 8.65. The standard InChI is InChI=1S/C15H18O4S/c1-15(2)8-10-4-3-5-12(14(10)19-15)13(16)11-6-7-20(17,18)9-11/h3-5,11H,6-9H2,1-2H3. The molecule has 0 amide bonds. The molecule has 1 unspecified atom stereocenters. The fraction of sp³-hybridized carbons (Fsp3) is 0.533. The molecule has 1 aromatic rings. The van der Waals surface area contributed by atoms with E-state index in [1.165, 1.54) is 0 Å². The summed E-state index contributed by atoms with van der Waals surface area (Å²) in [6.07, 6.45) is 1.20. The fourth-order valence-electron chi connectivity index (χ4n) is 3.03. The van der Waals surface area contributed by atoms with Gasteiger partial charge in [-0.15, -0.1) is 0 Å². The Hall–Kier alpha value is -1.36. The smallest absolute Gasteiger partial charge is 0.170 e. The quantitative estimate of drug-likeness (QED) is 0.783. The van der Waals surface area contributed by atoms with Crippen molar-refractivity contribution < 1.29 is 17.9 Å². The molecule has 1 fully saturated rings. The molecule has 0 N–H and O–H groups in total. The molecule has 0 saturated carbocycles. The molecule has 0 bridgehead atoms. The van der Waals surface area contributed by atoms with Crippen LogP contribution in [0.15, 0.2) is 18.2 Å². The molecule has 1 atom stereocenters. The van der Waals surface area contributed by atoms with Crippen LogP contribution >= 0.6 is 0 Å². The van der Waals surface area contributed by atoms with Crippen LogP contribution in [0, 0.1) is 5.92 Å². The number of rotatable bonds is 2. The normalized spacial score (nSPS) is 26.0. The highest BCUT2D eigenvalue weighted by molar-refractivity contribution is 7.91. The number of para-hydroxylation sites is 1. The van der Waals surface area contributed by atoms with E-state index in [0.717, 1.165) is 12.0 Å². The summed E-state index contributed by atoms with van der Waals surface area (Å²) < 4.78 is 28.9. The number of fused-ring (bicyclic) bond motifs is 1. The molecule has 0 radical (unpaired) electrons. The van der Waals surface area contributed by atoms with Gasteiger partial charge >= 0.3 is 0 Å². The molecular formula is C15H18O4S. The second-order valence-corrected chi connectivity index (χ2v) is 8.53. The molecule has 0 aromatic heterocycles. The topological polar surface area (TPSA) is 60.4 Å². The Morgan fingerprint density at radius 3 is 2.75 bits per heavy atom. The Labute approximate surface area is 119 Å². The van der Waals surface area contributed by atoms with E-state index in [-0.39, 0.29) is 22.9 Å². The zero-order valence-corrected chi connectivity index (χ0v) is 12.5. The minimum Gasteiger partial charge on any atom is -0.486 e. The van der Waals surface area contributed by atoms with Crippen molar-refractivity contribution in [2.45, 2.75) is 32.3 Å². The van der Waals surface area contributed by atoms with E-state index in [1.807, 2.05) is 26.0 Å². The summed E-state index contributed by atoms with van der Waals surface area (Å²) in [6, 6.07) is 5.56. The Morgan fingerprint density at radius 1 is 1.35 bits per heavy atom. The lowest BCUT2D eigenvalue weighted by Crippen LogP contribution is -2.25. The van der Waals surface area contributed by atoms with Crippen molar-refractivity contribution >= 4 is 15.6 Å². The summed E-state index contributed by atoms with van der Waals surface area (Å²) in [7, 11) is -3.05. The average Bonchev–Trinajstić information content (AvgIpc) is 2.85. The van der Waals surface area contributed by atoms with E-state index in [1.54, 1.807) is 6.07 Å². The number of hydrogen-bond acceptors (Lipinski definition) is 4. The van der Waals surface area contributed by atoms with E-state index in [0.29, 0.717) is 17.7 Å². The maximum Gasteiger partial charge on any atom is 0.170 e. The molecule has 4 nitrogen and oxygen atoms in total. The van der Waals surface area contributed by atoms with Gasteiger partial charge in [-0.1, -0.05) is 12.1 Å². The number of sulfone groups is 1. The molecule has 0 aliphatic carbocycles. The van der Waals surface area contributed by atoms with Crippen LogP contribution in [-0.4, -0.2) is 31.3 Å². The van der Waals surface area contributed by atoms with Gasteiger partial charge in [0, 0.05) is 12.3 Å². The summed E-state index contributed by atoms with van der Waals surface area (Å²) in [5.41, 5.74) is 1.26. The number of benzene rings is 1. The number of ether oxygens (including phenoxy) is 1. The van der Waals surface area contributed by atoms with Crippen LogP contribution in [0.5, 0.6) is 5.75 Å². The third kappa shape index (κ3) is 2.35. The molecule has 3 rings (SSSR count). The Balaban J connectivity index is 1.93. The number of hydrogen-bond donors (Lipinski definition) is 0. The molecule has 2 aliphatic rings. The van der Waals surface area contributed by atoms with Gasteiger partial charge in [0.15, 0.2) is 15.6 Å². The van der Waals surface area contributed by atoms with E-state index in [4.69, 9.17) is 4.74 Å². The summed E-state index contributed by atoms with van der Waals surface area (Å²) in [4.78, 5) is 12.6. The van der Waals surface area contributed by atoms with Crippen LogP contribution in [0.4, 0.5) is 0 Å². The van der Waals surface area contributed by atoms with Gasteiger partial charge in [-0.25, -0.2) is 8.42 Å². The van der Waals surface area contributed by atoms with Gasteiger partial charge in [0.25, 0.3) is 0 Å². The van der Waals surface area contributed by atoms with Gasteiger partial charge in [0.2, 0.25) is 0 Å². The first-order chi connectivity index (χ1) is 9.27. The molecule has 108 valence electrons. The number of Topliss-reactive ketones (excluding diaryl/α,β-unsaturated/α-hetero) is 1. The highest BCUT2D eigenvalue weighted by Gasteiger charge is 2.38. The van der Waals surface area contributed by atoms with Crippen LogP contribution in [0.25, 0.3) is 0 Å². The molecule has 0 spiro atoms. The monoisotopic (exact) mass is 294 g/mol. The maximum atomic E-state index is 12.6. The average molecular weight is 294 g/mol. The predicted molar refractivity (Wildman–Crippen MR) is 75.9 cm³/mol. The second kappa shape index (κ2) is 4.32. The molecular weight excluding hydrogens is 276 g/mol. The Morgan fingerprint density at radius 2 is 2.10 bits per heavy atom. The number of carbonyl (C=O) groups is 1. The van der Waals surface area contributed by atoms with Crippen molar-refractivity contribution in [1.29, 1.82) is 0 Å². The first-order valence-electron chi connectivity index (χ1n) is 6.83. The lowest BCUT2D eigenvalue weighted by atomic mass is 9.94. The zero-order valence-electron chi connectivity index (χ0n) is 11.7. The van der Waals surface area contributed by atoms with E-state index in [2.05, 4.69) is 0 Å². The summed E-state index contributed by atoms with van der Waals surface area (Å²) in [5.74, 6) is 0.218. The Bertz CT molecular complexity index is 673. The highest BCUT2D eigenvalue weighted by Crippen LogP contribution is 2.39. The predicted octanol–water partition coefficient (Wildman–Crippen LogP) is 2.02. The minimum atomic E-state index is -3.05. The van der Waals surface area contributed by atoms with Crippen LogP contribution in [0.2, 0.25) is 0 Å². The molecule has 1 saturated heterocycles. The summed E-state index contributed by atoms with van der Waals surface area (Å²) in [6.45, 7) is 3.97. The van der Waals surface area contributed by atoms with Gasteiger partial charge in [0.05, 0.1) is 17.1 Å². The van der Waals surface area contributed by atoms with Crippen LogP contribution in [0.1, 0.15) is 36.2 Å². The van der Waals surface area contributed by atoms with Gasteiger partial charge < -0.3 is 4.74 Å². The molecule has 20 heavy (non-hydrogen) atoms. The summed E-state index contributed by atoms with van der Waals surface area (Å²) in [5, 5.41) is 0. The minimum absolute atomic E-state index is 0.0289. The van der Waals surface area contributed by atoms with Gasteiger partial charge in [0.1, 0.15) is 11.4 Å². The van der Waals surface area contributed by atoms with Crippen molar-refractivity contribution in [3.63, 3.8) is 0 Å². The third-order valence-electron chi connectivity index (χ3n) is 3.96. The second-order valence-electron chi connectivity index (χ2n) is 6.30. The van der Waals surface area contributed by atoms with Crippen molar-refractivity contribution in [1.82, 2.24) is 0 Å². The van der Waals surface area contributed by atoms with Gasteiger partial charge in [-0.2, -0.15) is 0 Å². The third-order valence-corrected chi connectivity index (χ3v) is 5.73. The van der Waals surface area contributed by atoms with Gasteiger partial charge in [-0.05, 0) is 31.9 Å². The SMILES string of the molecule is CC1(C)Cc2cccc(C(=O)C3CCS(=O)(=O)C3)c2O1.